The van der Waals surface area contributed by atoms with E-state index in [1.54, 1.807) is 13.2 Å². The van der Waals surface area contributed by atoms with Gasteiger partial charge in [0, 0.05) is 5.56 Å². The summed E-state index contributed by atoms with van der Waals surface area (Å²) in [6.45, 7) is 8.23. The second kappa shape index (κ2) is 6.95. The maximum atomic E-state index is 12.4. The molecule has 2 aromatic carbocycles. The Morgan fingerprint density at radius 2 is 1.88 bits per heavy atom. The molecule has 0 unspecified atom stereocenters. The molecule has 0 bridgehead atoms. The highest BCUT2D eigenvalue weighted by molar-refractivity contribution is 5.94. The number of methoxy groups -OCH3 is 1. The van der Waals surface area contributed by atoms with Crippen molar-refractivity contribution < 1.29 is 14.6 Å². The smallest absolute Gasteiger partial charge is 0.229 e. The number of phenolic OH excluding ortho intramolecular Hbond substituents is 1. The van der Waals surface area contributed by atoms with Gasteiger partial charge in [0.15, 0.2) is 0 Å². The minimum atomic E-state index is -0.194. The van der Waals surface area contributed by atoms with Gasteiger partial charge in [-0.1, -0.05) is 44.5 Å². The molecule has 0 aliphatic rings. The molecular weight excluding hydrogens is 302 g/mol. The van der Waals surface area contributed by atoms with E-state index in [4.69, 9.17) is 4.74 Å². The molecule has 24 heavy (non-hydrogen) atoms. The van der Waals surface area contributed by atoms with E-state index in [-0.39, 0.29) is 23.5 Å². The van der Waals surface area contributed by atoms with Crippen LogP contribution in [-0.2, 0) is 16.6 Å². The summed E-state index contributed by atoms with van der Waals surface area (Å²) in [6, 6.07) is 11.0. The van der Waals surface area contributed by atoms with Gasteiger partial charge in [0.25, 0.3) is 0 Å². The second-order valence-corrected chi connectivity index (χ2v) is 7.02. The number of aryl methyl sites for hydroxylation is 1. The van der Waals surface area contributed by atoms with Crippen LogP contribution in [0.2, 0.25) is 0 Å². The third-order valence-electron chi connectivity index (χ3n) is 3.92. The number of amides is 1. The van der Waals surface area contributed by atoms with E-state index in [0.717, 1.165) is 16.7 Å². The van der Waals surface area contributed by atoms with Gasteiger partial charge in [0.1, 0.15) is 11.5 Å². The zero-order valence-electron chi connectivity index (χ0n) is 14.9. The summed E-state index contributed by atoms with van der Waals surface area (Å²) in [5, 5.41) is 12.8. The van der Waals surface area contributed by atoms with E-state index in [1.165, 1.54) is 0 Å². The molecule has 0 heterocycles. The van der Waals surface area contributed by atoms with Crippen molar-refractivity contribution in [2.75, 3.05) is 12.4 Å². The van der Waals surface area contributed by atoms with Crippen LogP contribution in [0.4, 0.5) is 5.69 Å². The van der Waals surface area contributed by atoms with Gasteiger partial charge in [-0.3, -0.25) is 4.79 Å². The number of hydrogen-bond acceptors (Lipinski definition) is 3. The second-order valence-electron chi connectivity index (χ2n) is 7.02. The summed E-state index contributed by atoms with van der Waals surface area (Å²) in [4.78, 5) is 12.4. The molecule has 0 radical (unpaired) electrons. The van der Waals surface area contributed by atoms with Gasteiger partial charge >= 0.3 is 0 Å². The lowest BCUT2D eigenvalue weighted by Crippen LogP contribution is -2.17. The first-order valence-electron chi connectivity index (χ1n) is 7.97. The van der Waals surface area contributed by atoms with Gasteiger partial charge < -0.3 is 15.2 Å². The number of rotatable bonds is 4. The highest BCUT2D eigenvalue weighted by Gasteiger charge is 2.17. The molecule has 0 spiro atoms. The lowest BCUT2D eigenvalue weighted by Gasteiger charge is -2.20. The Morgan fingerprint density at radius 3 is 2.50 bits per heavy atom. The largest absolute Gasteiger partial charge is 0.506 e. The Hall–Kier alpha value is -2.49. The van der Waals surface area contributed by atoms with Crippen molar-refractivity contribution in [3.63, 3.8) is 0 Å². The minimum Gasteiger partial charge on any atom is -0.506 e. The van der Waals surface area contributed by atoms with Crippen LogP contribution in [0.3, 0.4) is 0 Å². The van der Waals surface area contributed by atoms with Crippen LogP contribution >= 0.6 is 0 Å². The number of carbonyl (C=O) groups is 1. The van der Waals surface area contributed by atoms with Crippen molar-refractivity contribution >= 4 is 11.6 Å². The molecule has 0 saturated heterocycles. The lowest BCUT2D eigenvalue weighted by molar-refractivity contribution is -0.115. The minimum absolute atomic E-state index is 0.0626. The molecule has 4 nitrogen and oxygen atoms in total. The van der Waals surface area contributed by atoms with E-state index in [2.05, 4.69) is 26.1 Å². The van der Waals surface area contributed by atoms with Crippen molar-refractivity contribution in [3.05, 3.63) is 53.1 Å². The van der Waals surface area contributed by atoms with Gasteiger partial charge in [0.2, 0.25) is 5.91 Å². The fourth-order valence-corrected chi connectivity index (χ4v) is 2.52. The standard InChI is InChI=1S/C20H25NO3/c1-13-6-9-18(24-5)14(10-13)11-19(23)21-16-12-15(20(2,3)4)7-8-17(16)22/h6-10,12,22H,11H2,1-5H3,(H,21,23). The molecule has 4 heteroatoms. The fraction of sp³-hybridized carbons (Fsp3) is 0.350. The SMILES string of the molecule is COc1ccc(C)cc1CC(=O)Nc1cc(C(C)(C)C)ccc1O. The summed E-state index contributed by atoms with van der Waals surface area (Å²) in [5.74, 6) is 0.552. The molecule has 0 aliphatic carbocycles. The summed E-state index contributed by atoms with van der Waals surface area (Å²) in [5.41, 5.74) is 3.30. The summed E-state index contributed by atoms with van der Waals surface area (Å²) in [7, 11) is 1.59. The first-order chi connectivity index (χ1) is 11.2. The highest BCUT2D eigenvalue weighted by atomic mass is 16.5. The molecule has 1 amide bonds. The lowest BCUT2D eigenvalue weighted by atomic mass is 9.87. The van der Waals surface area contributed by atoms with Crippen molar-refractivity contribution in [1.82, 2.24) is 0 Å². The number of ether oxygens (including phenoxy) is 1. The van der Waals surface area contributed by atoms with Crippen LogP contribution in [0.25, 0.3) is 0 Å². The maximum Gasteiger partial charge on any atom is 0.229 e. The van der Waals surface area contributed by atoms with Gasteiger partial charge in [0.05, 0.1) is 19.2 Å². The van der Waals surface area contributed by atoms with E-state index in [1.807, 2.05) is 37.3 Å². The zero-order valence-corrected chi connectivity index (χ0v) is 14.9. The van der Waals surface area contributed by atoms with E-state index in [9.17, 15) is 9.90 Å². The Bertz CT molecular complexity index is 745. The normalized spacial score (nSPS) is 11.2. The predicted molar refractivity (Wildman–Crippen MR) is 96.9 cm³/mol. The number of hydrogen-bond donors (Lipinski definition) is 2. The molecule has 0 aliphatic heterocycles. The monoisotopic (exact) mass is 327 g/mol. The van der Waals surface area contributed by atoms with Gasteiger partial charge in [-0.05, 0) is 36.1 Å². The molecule has 2 rings (SSSR count). The average molecular weight is 327 g/mol. The molecule has 2 N–H and O–H groups in total. The molecule has 0 atom stereocenters. The summed E-state index contributed by atoms with van der Waals surface area (Å²) >= 11 is 0. The van der Waals surface area contributed by atoms with Crippen molar-refractivity contribution in [1.29, 1.82) is 0 Å². The number of nitrogens with one attached hydrogen (secondary N) is 1. The van der Waals surface area contributed by atoms with Gasteiger partial charge in [-0.2, -0.15) is 0 Å². The number of anilines is 1. The van der Waals surface area contributed by atoms with Crippen molar-refractivity contribution in [2.45, 2.75) is 39.5 Å². The fourth-order valence-electron chi connectivity index (χ4n) is 2.52. The average Bonchev–Trinajstić information content (AvgIpc) is 2.48. The van der Waals surface area contributed by atoms with Crippen LogP contribution in [0, 0.1) is 6.92 Å². The first-order valence-corrected chi connectivity index (χ1v) is 7.97. The van der Waals surface area contributed by atoms with E-state index >= 15 is 0 Å². The number of aromatic hydroxyl groups is 1. The summed E-state index contributed by atoms with van der Waals surface area (Å²) in [6.07, 6.45) is 0.185. The van der Waals surface area contributed by atoms with E-state index in [0.29, 0.717) is 11.4 Å². The van der Waals surface area contributed by atoms with Crippen LogP contribution in [-0.4, -0.2) is 18.1 Å². The summed E-state index contributed by atoms with van der Waals surface area (Å²) < 4.78 is 5.31. The Kier molecular flexibility index (Phi) is 5.17. The van der Waals surface area contributed by atoms with Crippen LogP contribution < -0.4 is 10.1 Å². The van der Waals surface area contributed by atoms with Crippen LogP contribution in [0.1, 0.15) is 37.5 Å². The number of carbonyl (C=O) groups excluding carboxylic acids is 1. The molecule has 0 fully saturated rings. The topological polar surface area (TPSA) is 58.6 Å². The van der Waals surface area contributed by atoms with Crippen molar-refractivity contribution in [3.8, 4) is 11.5 Å². The quantitative estimate of drug-likeness (QED) is 0.828. The Labute approximate surface area is 143 Å². The molecule has 2 aromatic rings. The Morgan fingerprint density at radius 1 is 1.17 bits per heavy atom. The molecule has 0 saturated carbocycles. The molecule has 0 aromatic heterocycles. The van der Waals surface area contributed by atoms with Gasteiger partial charge in [-0.15, -0.1) is 0 Å². The van der Waals surface area contributed by atoms with Crippen LogP contribution in [0.5, 0.6) is 11.5 Å². The molecular formula is C20H25NO3. The third kappa shape index (κ3) is 4.28. The zero-order chi connectivity index (χ0) is 17.9. The first kappa shape index (κ1) is 17.9. The molecule has 128 valence electrons. The third-order valence-corrected chi connectivity index (χ3v) is 3.92. The number of benzene rings is 2. The van der Waals surface area contributed by atoms with Gasteiger partial charge in [-0.25, -0.2) is 0 Å². The van der Waals surface area contributed by atoms with Crippen molar-refractivity contribution in [2.24, 2.45) is 0 Å². The van der Waals surface area contributed by atoms with E-state index < -0.39 is 0 Å². The highest BCUT2D eigenvalue weighted by Crippen LogP contribution is 2.31. The maximum absolute atomic E-state index is 12.4. The predicted octanol–water partition coefficient (Wildman–Crippen LogP) is 4.19. The Balaban J connectivity index is 2.20. The number of phenols is 1. The van der Waals surface area contributed by atoms with Crippen LogP contribution in [0.15, 0.2) is 36.4 Å².